The second kappa shape index (κ2) is 9.65. The van der Waals surface area contributed by atoms with Crippen molar-refractivity contribution < 1.29 is 25.0 Å². The molecule has 0 saturated carbocycles. The number of hydrogen-bond acceptors (Lipinski definition) is 8. The lowest BCUT2D eigenvalue weighted by molar-refractivity contribution is -0.385. The molecule has 4 aromatic rings. The van der Waals surface area contributed by atoms with Gasteiger partial charge in [-0.25, -0.2) is 4.98 Å². The van der Waals surface area contributed by atoms with Crippen LogP contribution in [0.5, 0.6) is 0 Å². The normalized spacial score (nSPS) is 11.5. The summed E-state index contributed by atoms with van der Waals surface area (Å²) in [5.41, 5.74) is 2.89. The molecule has 0 aliphatic carbocycles. The number of nitro groups is 1. The van der Waals surface area contributed by atoms with Crippen molar-refractivity contribution in [1.82, 2.24) is 9.38 Å². The molecule has 2 aromatic heterocycles. The summed E-state index contributed by atoms with van der Waals surface area (Å²) in [6, 6.07) is 9.22. The van der Waals surface area contributed by atoms with Crippen LogP contribution in [0.25, 0.3) is 22.3 Å². The Morgan fingerprint density at radius 1 is 1.09 bits per heavy atom. The van der Waals surface area contributed by atoms with Gasteiger partial charge in [0.1, 0.15) is 0 Å². The Morgan fingerprint density at radius 2 is 1.79 bits per heavy atom. The van der Waals surface area contributed by atoms with Crippen LogP contribution in [0.3, 0.4) is 0 Å². The predicted molar refractivity (Wildman–Crippen MR) is 127 cm³/mol. The molecule has 0 saturated heterocycles. The van der Waals surface area contributed by atoms with Crippen molar-refractivity contribution in [1.29, 1.82) is 0 Å². The van der Waals surface area contributed by atoms with E-state index in [-0.39, 0.29) is 30.2 Å². The maximum absolute atomic E-state index is 12.8. The summed E-state index contributed by atoms with van der Waals surface area (Å²) in [5, 5.41) is 39.7. The van der Waals surface area contributed by atoms with Crippen molar-refractivity contribution >= 4 is 33.8 Å². The number of rotatable bonds is 8. The first-order valence-electron chi connectivity index (χ1n) is 10.3. The second-order valence-corrected chi connectivity index (χ2v) is 8.81. The topological polar surface area (TPSA) is 138 Å². The monoisotopic (exact) mass is 479 g/mol. The van der Waals surface area contributed by atoms with Crippen LogP contribution in [0, 0.1) is 17.0 Å². The maximum atomic E-state index is 12.8. The number of allylic oxidation sites excluding steroid dienone is 1. The number of aliphatic hydroxyl groups excluding tert-OH is 3. The van der Waals surface area contributed by atoms with Crippen molar-refractivity contribution in [3.63, 3.8) is 0 Å². The van der Waals surface area contributed by atoms with Gasteiger partial charge >= 0.3 is 0 Å². The second-order valence-electron chi connectivity index (χ2n) is 7.60. The molecule has 0 fully saturated rings. The summed E-state index contributed by atoms with van der Waals surface area (Å²) in [6.45, 7) is 0.929. The Hall–Kier alpha value is -3.70. The number of nitro benzene ring substituents is 1. The van der Waals surface area contributed by atoms with E-state index in [0.717, 1.165) is 4.88 Å². The highest BCUT2D eigenvalue weighted by Crippen LogP contribution is 2.32. The van der Waals surface area contributed by atoms with Crippen LogP contribution in [-0.4, -0.2) is 35.4 Å². The molecule has 2 heterocycles. The zero-order valence-electron chi connectivity index (χ0n) is 18.1. The number of aromatic nitrogens is 2. The van der Waals surface area contributed by atoms with Crippen LogP contribution in [0.15, 0.2) is 48.7 Å². The van der Waals surface area contributed by atoms with Gasteiger partial charge in [0.05, 0.1) is 41.7 Å². The Kier molecular flexibility index (Phi) is 6.66. The van der Waals surface area contributed by atoms with E-state index >= 15 is 0 Å². The third kappa shape index (κ3) is 4.39. The van der Waals surface area contributed by atoms with Crippen molar-refractivity contribution in [2.75, 3.05) is 0 Å². The number of fused-ring (bicyclic) bond motifs is 1. The average molecular weight is 480 g/mol. The Morgan fingerprint density at radius 3 is 2.47 bits per heavy atom. The summed E-state index contributed by atoms with van der Waals surface area (Å²) in [7, 11) is 0. The molecule has 34 heavy (non-hydrogen) atoms. The van der Waals surface area contributed by atoms with Crippen LogP contribution in [0.2, 0.25) is 0 Å². The zero-order chi connectivity index (χ0) is 24.4. The van der Waals surface area contributed by atoms with Gasteiger partial charge in [0, 0.05) is 28.3 Å². The molecule has 0 amide bonds. The number of aliphatic hydroxyl groups is 3. The number of thiazole rings is 1. The number of benzene rings is 2. The lowest BCUT2D eigenvalue weighted by Gasteiger charge is -2.06. The van der Waals surface area contributed by atoms with E-state index in [1.54, 1.807) is 24.3 Å². The predicted octanol–water partition coefficient (Wildman–Crippen LogP) is 3.65. The number of carbonyl (C=O) groups is 1. The minimum atomic E-state index is -0.550. The summed E-state index contributed by atoms with van der Waals surface area (Å²) in [5.74, 6) is -0.311. The molecule has 4 rings (SSSR count). The zero-order valence-corrected chi connectivity index (χ0v) is 19.0. The minimum Gasteiger partial charge on any atom is -0.392 e. The van der Waals surface area contributed by atoms with Crippen LogP contribution >= 0.6 is 11.3 Å². The molecule has 2 aromatic carbocycles. The summed E-state index contributed by atoms with van der Waals surface area (Å²) < 4.78 is 1.82. The molecule has 9 nitrogen and oxygen atoms in total. The first-order valence-corrected chi connectivity index (χ1v) is 11.1. The van der Waals surface area contributed by atoms with E-state index in [1.165, 1.54) is 35.6 Å². The molecule has 3 N–H and O–H groups in total. The fraction of sp³-hybridized carbons (Fsp3) is 0.167. The molecule has 0 unspecified atom stereocenters. The highest BCUT2D eigenvalue weighted by molar-refractivity contribution is 7.17. The number of carbonyl (C=O) groups excluding carboxylic acids is 1. The van der Waals surface area contributed by atoms with Crippen LogP contribution in [0.1, 0.15) is 37.6 Å². The van der Waals surface area contributed by atoms with Crippen molar-refractivity contribution in [3.05, 3.63) is 91.6 Å². The molecule has 0 atom stereocenters. The van der Waals surface area contributed by atoms with Gasteiger partial charge in [0.25, 0.3) is 5.69 Å². The van der Waals surface area contributed by atoms with E-state index in [2.05, 4.69) is 4.98 Å². The molecule has 0 aliphatic rings. The number of nitrogens with zero attached hydrogens (tertiary/aromatic N) is 3. The summed E-state index contributed by atoms with van der Waals surface area (Å²) >= 11 is 1.45. The highest BCUT2D eigenvalue weighted by Gasteiger charge is 2.20. The molecule has 0 radical (unpaired) electrons. The van der Waals surface area contributed by atoms with Gasteiger partial charge in [-0.1, -0.05) is 18.2 Å². The number of hydrogen-bond donors (Lipinski definition) is 3. The standard InChI is InChI=1S/C24H21N3O6S/c1-14-10-26-20(6-7-22(31)15-2-4-17(11-28)19(8-15)13-30)23(25-24(26)34-14)16-3-5-18(12-29)21(9-16)27(32)33/h2-10,28-30H,11-13H2,1H3/b7-6+. The smallest absolute Gasteiger partial charge is 0.275 e. The van der Waals surface area contributed by atoms with Gasteiger partial charge in [-0.3, -0.25) is 19.3 Å². The molecule has 10 heteroatoms. The van der Waals surface area contributed by atoms with Gasteiger partial charge < -0.3 is 15.3 Å². The maximum Gasteiger partial charge on any atom is 0.275 e. The lowest BCUT2D eigenvalue weighted by Crippen LogP contribution is -2.00. The van der Waals surface area contributed by atoms with Gasteiger partial charge in [0.2, 0.25) is 0 Å². The minimum absolute atomic E-state index is 0.198. The molecule has 174 valence electrons. The van der Waals surface area contributed by atoms with Crippen molar-refractivity contribution in [2.24, 2.45) is 0 Å². The largest absolute Gasteiger partial charge is 0.392 e. The van der Waals surface area contributed by atoms with Gasteiger partial charge in [-0.2, -0.15) is 0 Å². The third-order valence-corrected chi connectivity index (χ3v) is 6.33. The Labute approximate surface area is 198 Å². The van der Waals surface area contributed by atoms with Gasteiger partial charge in [-0.15, -0.1) is 11.3 Å². The number of aryl methyl sites for hydroxylation is 1. The van der Waals surface area contributed by atoms with E-state index in [1.807, 2.05) is 17.5 Å². The molecule has 0 spiro atoms. The van der Waals surface area contributed by atoms with Crippen molar-refractivity contribution in [2.45, 2.75) is 26.7 Å². The first kappa shape index (κ1) is 23.5. The number of ketones is 1. The van der Waals surface area contributed by atoms with Gasteiger partial charge in [0.15, 0.2) is 10.7 Å². The molecule has 0 bridgehead atoms. The van der Waals surface area contributed by atoms with Gasteiger partial charge in [-0.05, 0) is 42.3 Å². The fourth-order valence-electron chi connectivity index (χ4n) is 3.69. The Bertz CT molecular complexity index is 1440. The quantitative estimate of drug-likeness (QED) is 0.152. The van der Waals surface area contributed by atoms with Crippen molar-refractivity contribution in [3.8, 4) is 11.3 Å². The first-order chi connectivity index (χ1) is 16.4. The Balaban J connectivity index is 1.78. The third-order valence-electron chi connectivity index (χ3n) is 5.43. The highest BCUT2D eigenvalue weighted by atomic mass is 32.1. The van der Waals surface area contributed by atoms with E-state index in [9.17, 15) is 30.2 Å². The average Bonchev–Trinajstić information content (AvgIpc) is 3.37. The molecular weight excluding hydrogens is 458 g/mol. The summed E-state index contributed by atoms with van der Waals surface area (Å²) in [6.07, 6.45) is 4.86. The van der Waals surface area contributed by atoms with Crippen LogP contribution in [-0.2, 0) is 19.8 Å². The SMILES string of the molecule is Cc1cn2c(/C=C/C(=O)c3ccc(CO)c(CO)c3)c(-c3ccc(CO)c([N+](=O)[O-])c3)nc2s1. The molecular formula is C24H21N3O6S. The van der Waals surface area contributed by atoms with E-state index < -0.39 is 11.5 Å². The fourth-order valence-corrected chi connectivity index (χ4v) is 4.52. The lowest BCUT2D eigenvalue weighted by atomic mass is 10.0. The molecule has 0 aliphatic heterocycles. The van der Waals surface area contributed by atoms with Crippen LogP contribution < -0.4 is 0 Å². The van der Waals surface area contributed by atoms with E-state index in [0.29, 0.717) is 38.6 Å². The summed E-state index contributed by atoms with van der Waals surface area (Å²) in [4.78, 5) is 30.1. The van der Waals surface area contributed by atoms with Crippen LogP contribution in [0.4, 0.5) is 5.69 Å². The number of imidazole rings is 1. The van der Waals surface area contributed by atoms with E-state index in [4.69, 9.17) is 0 Å².